The van der Waals surface area contributed by atoms with Crippen molar-refractivity contribution in [1.82, 2.24) is 0 Å². The predicted octanol–water partition coefficient (Wildman–Crippen LogP) is 7.58. The molecule has 164 valence electrons. The molecule has 0 heterocycles. The van der Waals surface area contributed by atoms with Gasteiger partial charge in [0.25, 0.3) is 0 Å². The number of hydrogen-bond acceptors (Lipinski definition) is 3. The smallest absolute Gasteiger partial charge is 0.305 e. The van der Waals surface area contributed by atoms with Crippen LogP contribution >= 0.6 is 0 Å². The molecule has 0 aromatic heterocycles. The normalized spacial score (nSPS) is 13.5. The first-order valence-corrected chi connectivity index (χ1v) is 14.8. The highest BCUT2D eigenvalue weighted by atomic mass is 28.4. The summed E-state index contributed by atoms with van der Waals surface area (Å²) in [6, 6.07) is 0. The van der Waals surface area contributed by atoms with Gasteiger partial charge in [0.05, 0.1) is 7.11 Å². The molecule has 0 rings (SSSR count). The Morgan fingerprint density at radius 3 is 2.07 bits per heavy atom. The van der Waals surface area contributed by atoms with E-state index in [1.165, 1.54) is 45.6 Å². The Morgan fingerprint density at radius 2 is 1.46 bits per heavy atom. The van der Waals surface area contributed by atoms with Gasteiger partial charge in [0, 0.05) is 12.5 Å². The Labute approximate surface area is 176 Å². The van der Waals surface area contributed by atoms with Crippen LogP contribution in [0.15, 0.2) is 24.3 Å². The summed E-state index contributed by atoms with van der Waals surface area (Å²) in [5.74, 6) is -0.0818. The summed E-state index contributed by atoms with van der Waals surface area (Å²) in [4.78, 5) is 11.0. The van der Waals surface area contributed by atoms with E-state index < -0.39 is 8.32 Å². The first-order chi connectivity index (χ1) is 13.4. The van der Waals surface area contributed by atoms with Gasteiger partial charge in [-0.2, -0.15) is 0 Å². The zero-order chi connectivity index (χ0) is 21.1. The number of esters is 1. The minimum Gasteiger partial charge on any atom is -0.469 e. The second-order valence-corrected chi connectivity index (χ2v) is 13.1. The quantitative estimate of drug-likeness (QED) is 0.101. The molecule has 0 bridgehead atoms. The maximum atomic E-state index is 11.0. The van der Waals surface area contributed by atoms with Crippen molar-refractivity contribution in [3.8, 4) is 0 Å². The maximum Gasteiger partial charge on any atom is 0.305 e. The van der Waals surface area contributed by atoms with Gasteiger partial charge in [0.15, 0.2) is 8.32 Å². The van der Waals surface area contributed by atoms with E-state index in [-0.39, 0.29) is 5.97 Å². The summed E-state index contributed by atoms with van der Waals surface area (Å²) >= 11 is 0. The van der Waals surface area contributed by atoms with Crippen LogP contribution in [0.5, 0.6) is 0 Å². The molecule has 0 aromatic carbocycles. The number of rotatable bonds is 18. The van der Waals surface area contributed by atoms with Crippen molar-refractivity contribution >= 4 is 14.3 Å². The molecule has 0 fully saturated rings. The molecule has 0 saturated heterocycles. The van der Waals surface area contributed by atoms with Crippen molar-refractivity contribution in [3.63, 3.8) is 0 Å². The Kier molecular flexibility index (Phi) is 17.6. The largest absolute Gasteiger partial charge is 0.469 e. The van der Waals surface area contributed by atoms with Crippen LogP contribution in [-0.2, 0) is 14.0 Å². The second kappa shape index (κ2) is 18.2. The molecule has 0 aliphatic carbocycles. The van der Waals surface area contributed by atoms with E-state index in [0.717, 1.165) is 38.5 Å². The molecule has 4 heteroatoms. The van der Waals surface area contributed by atoms with Crippen molar-refractivity contribution in [3.05, 3.63) is 24.3 Å². The highest BCUT2D eigenvalue weighted by molar-refractivity contribution is 6.69. The third kappa shape index (κ3) is 19.9. The fourth-order valence-electron chi connectivity index (χ4n) is 3.17. The van der Waals surface area contributed by atoms with Crippen molar-refractivity contribution in [1.29, 1.82) is 0 Å². The Balaban J connectivity index is 3.76. The molecule has 1 atom stereocenters. The monoisotopic (exact) mass is 410 g/mol. The highest BCUT2D eigenvalue weighted by Crippen LogP contribution is 2.16. The number of hydrogen-bond donors (Lipinski definition) is 0. The summed E-state index contributed by atoms with van der Waals surface area (Å²) in [5.41, 5.74) is 0. The maximum absolute atomic E-state index is 11.0. The lowest BCUT2D eigenvalue weighted by Gasteiger charge is -2.25. The van der Waals surface area contributed by atoms with Gasteiger partial charge in [-0.1, -0.05) is 63.3 Å². The first-order valence-electron chi connectivity index (χ1n) is 11.4. The number of allylic oxidation sites excluding steroid dienone is 3. The predicted molar refractivity (Wildman–Crippen MR) is 124 cm³/mol. The van der Waals surface area contributed by atoms with Crippen LogP contribution in [0.3, 0.4) is 0 Å². The standard InChI is InChI=1S/C24H46O3Si/c1-6-7-8-17-20-23(27-28(3,4)5)21-18-15-13-11-9-10-12-14-16-19-22-24(25)26-2/h7-8,15,18,23H,6,9-14,16-17,19-22H2,1-5H3. The summed E-state index contributed by atoms with van der Waals surface area (Å²) in [7, 11) is -0.0217. The molecule has 28 heavy (non-hydrogen) atoms. The van der Waals surface area contributed by atoms with Gasteiger partial charge < -0.3 is 9.16 Å². The van der Waals surface area contributed by atoms with E-state index in [1.807, 2.05) is 0 Å². The molecule has 0 aliphatic rings. The van der Waals surface area contributed by atoms with Crippen LogP contribution in [0.1, 0.15) is 90.4 Å². The van der Waals surface area contributed by atoms with Crippen molar-refractivity contribution in [2.45, 2.75) is 116 Å². The molecular weight excluding hydrogens is 364 g/mol. The summed E-state index contributed by atoms with van der Waals surface area (Å²) < 4.78 is 11.0. The molecule has 0 amide bonds. The van der Waals surface area contributed by atoms with E-state index in [9.17, 15) is 4.79 Å². The SMILES string of the molecule is CCC=CCCC(CC=CCCCCCCCCCC(=O)OC)O[Si](C)(C)C. The topological polar surface area (TPSA) is 35.5 Å². The number of methoxy groups -OCH3 is 1. The Morgan fingerprint density at radius 1 is 0.857 bits per heavy atom. The van der Waals surface area contributed by atoms with Crippen molar-refractivity contribution < 1.29 is 14.0 Å². The van der Waals surface area contributed by atoms with Gasteiger partial charge in [-0.05, 0) is 64.6 Å². The molecule has 3 nitrogen and oxygen atoms in total. The molecule has 0 spiro atoms. The second-order valence-electron chi connectivity index (χ2n) is 8.61. The van der Waals surface area contributed by atoms with Crippen LogP contribution < -0.4 is 0 Å². The number of unbranched alkanes of at least 4 members (excludes halogenated alkanes) is 7. The molecule has 0 N–H and O–H groups in total. The van der Waals surface area contributed by atoms with E-state index in [4.69, 9.17) is 4.43 Å². The van der Waals surface area contributed by atoms with E-state index in [2.05, 4.69) is 55.6 Å². The zero-order valence-electron chi connectivity index (χ0n) is 19.3. The van der Waals surface area contributed by atoms with Gasteiger partial charge in [-0.15, -0.1) is 0 Å². The lowest BCUT2D eigenvalue weighted by Crippen LogP contribution is -2.31. The van der Waals surface area contributed by atoms with E-state index in [0.29, 0.717) is 12.5 Å². The lowest BCUT2D eigenvalue weighted by atomic mass is 10.1. The van der Waals surface area contributed by atoms with E-state index in [1.54, 1.807) is 0 Å². The number of ether oxygens (including phenoxy) is 1. The average molecular weight is 411 g/mol. The van der Waals surface area contributed by atoms with Crippen molar-refractivity contribution in [2.75, 3.05) is 7.11 Å². The Hall–Kier alpha value is -0.873. The van der Waals surface area contributed by atoms with Crippen LogP contribution in [0, 0.1) is 0 Å². The first kappa shape index (κ1) is 27.1. The molecule has 1 unspecified atom stereocenters. The highest BCUT2D eigenvalue weighted by Gasteiger charge is 2.19. The van der Waals surface area contributed by atoms with Gasteiger partial charge >= 0.3 is 5.97 Å². The van der Waals surface area contributed by atoms with Gasteiger partial charge in [-0.3, -0.25) is 4.79 Å². The summed E-state index contributed by atoms with van der Waals surface area (Å²) in [5, 5.41) is 0. The molecule has 0 radical (unpaired) electrons. The molecule has 0 aliphatic heterocycles. The van der Waals surface area contributed by atoms with Crippen LogP contribution in [0.25, 0.3) is 0 Å². The molecule has 0 aromatic rings. The van der Waals surface area contributed by atoms with Crippen LogP contribution in [0.4, 0.5) is 0 Å². The average Bonchev–Trinajstić information content (AvgIpc) is 2.64. The number of carbonyl (C=O) groups is 1. The van der Waals surface area contributed by atoms with Crippen LogP contribution in [0.2, 0.25) is 19.6 Å². The molecule has 0 saturated carbocycles. The fourth-order valence-corrected chi connectivity index (χ4v) is 4.39. The van der Waals surface area contributed by atoms with Crippen molar-refractivity contribution in [2.24, 2.45) is 0 Å². The summed E-state index contributed by atoms with van der Waals surface area (Å²) in [6.45, 7) is 9.02. The third-order valence-electron chi connectivity index (χ3n) is 4.62. The van der Waals surface area contributed by atoms with Gasteiger partial charge in [-0.25, -0.2) is 0 Å². The summed E-state index contributed by atoms with van der Waals surface area (Å²) in [6.07, 6.45) is 24.2. The minimum atomic E-state index is -1.48. The van der Waals surface area contributed by atoms with Crippen LogP contribution in [-0.4, -0.2) is 27.5 Å². The van der Waals surface area contributed by atoms with E-state index >= 15 is 0 Å². The zero-order valence-corrected chi connectivity index (χ0v) is 20.3. The van der Waals surface area contributed by atoms with Gasteiger partial charge in [0.2, 0.25) is 0 Å². The fraction of sp³-hybridized carbons (Fsp3) is 0.792. The van der Waals surface area contributed by atoms with Gasteiger partial charge in [0.1, 0.15) is 0 Å². The third-order valence-corrected chi connectivity index (χ3v) is 5.66. The minimum absolute atomic E-state index is 0.0818. The number of carbonyl (C=O) groups excluding carboxylic acids is 1. The lowest BCUT2D eigenvalue weighted by molar-refractivity contribution is -0.140. The molecular formula is C24H46O3Si. The Bertz CT molecular complexity index is 424.